The van der Waals surface area contributed by atoms with Crippen molar-refractivity contribution in [3.63, 3.8) is 0 Å². The summed E-state index contributed by atoms with van der Waals surface area (Å²) in [5.41, 5.74) is 0.630. The molecule has 0 radical (unpaired) electrons. The SMILES string of the molecule is CN(C)c1ncc(CNCC2(O)CCCCCC2)n1C. The van der Waals surface area contributed by atoms with E-state index in [0.29, 0.717) is 6.54 Å². The van der Waals surface area contributed by atoms with Crippen LogP contribution in [0.25, 0.3) is 0 Å². The van der Waals surface area contributed by atoms with Crippen LogP contribution in [-0.2, 0) is 13.6 Å². The third-order valence-corrected chi connectivity index (χ3v) is 4.25. The summed E-state index contributed by atoms with van der Waals surface area (Å²) in [6.07, 6.45) is 8.57. The van der Waals surface area contributed by atoms with Gasteiger partial charge >= 0.3 is 0 Å². The molecule has 1 aromatic heterocycles. The first-order chi connectivity index (χ1) is 9.52. The van der Waals surface area contributed by atoms with Crippen molar-refractivity contribution in [1.82, 2.24) is 14.9 Å². The third-order valence-electron chi connectivity index (χ3n) is 4.25. The Kier molecular flexibility index (Phi) is 5.05. The first kappa shape index (κ1) is 15.3. The Balaban J connectivity index is 1.86. The maximum atomic E-state index is 10.6. The van der Waals surface area contributed by atoms with Crippen molar-refractivity contribution in [1.29, 1.82) is 0 Å². The molecule has 1 fully saturated rings. The first-order valence-corrected chi connectivity index (χ1v) is 7.63. The predicted molar refractivity (Wildman–Crippen MR) is 81.9 cm³/mol. The van der Waals surface area contributed by atoms with Gasteiger partial charge < -0.3 is 19.9 Å². The van der Waals surface area contributed by atoms with Gasteiger partial charge in [0.15, 0.2) is 0 Å². The molecule has 0 spiro atoms. The van der Waals surface area contributed by atoms with Crippen molar-refractivity contribution < 1.29 is 5.11 Å². The van der Waals surface area contributed by atoms with Crippen LogP contribution in [-0.4, -0.2) is 40.9 Å². The standard InChI is InChI=1S/C15H28N4O/c1-18(2)14-17-11-13(19(14)3)10-16-12-15(20)8-6-4-5-7-9-15/h11,16,20H,4-10,12H2,1-3H3. The first-order valence-electron chi connectivity index (χ1n) is 7.63. The molecule has 20 heavy (non-hydrogen) atoms. The van der Waals surface area contributed by atoms with Crippen LogP contribution in [0, 0.1) is 0 Å². The zero-order chi connectivity index (χ0) is 14.6. The monoisotopic (exact) mass is 280 g/mol. The molecule has 5 heteroatoms. The molecule has 0 aliphatic heterocycles. The van der Waals surface area contributed by atoms with Crippen LogP contribution in [0.3, 0.4) is 0 Å². The maximum Gasteiger partial charge on any atom is 0.204 e. The van der Waals surface area contributed by atoms with E-state index in [2.05, 4.69) is 14.9 Å². The summed E-state index contributed by atoms with van der Waals surface area (Å²) < 4.78 is 2.09. The van der Waals surface area contributed by atoms with E-state index in [1.54, 1.807) is 0 Å². The average Bonchev–Trinajstić information content (AvgIpc) is 2.62. The highest BCUT2D eigenvalue weighted by molar-refractivity contribution is 5.30. The van der Waals surface area contributed by atoms with Gasteiger partial charge in [0.05, 0.1) is 17.5 Å². The number of hydrogen-bond acceptors (Lipinski definition) is 4. The molecule has 0 unspecified atom stereocenters. The van der Waals surface area contributed by atoms with Crippen LogP contribution >= 0.6 is 0 Å². The van der Waals surface area contributed by atoms with Crippen LogP contribution in [0.1, 0.15) is 44.2 Å². The van der Waals surface area contributed by atoms with Crippen LogP contribution in [0.2, 0.25) is 0 Å². The predicted octanol–water partition coefficient (Wildman–Crippen LogP) is 1.66. The molecule has 114 valence electrons. The fraction of sp³-hybridized carbons (Fsp3) is 0.800. The van der Waals surface area contributed by atoms with E-state index in [4.69, 9.17) is 0 Å². The highest BCUT2D eigenvalue weighted by Gasteiger charge is 2.27. The van der Waals surface area contributed by atoms with Crippen molar-refractivity contribution in [3.8, 4) is 0 Å². The quantitative estimate of drug-likeness (QED) is 0.806. The van der Waals surface area contributed by atoms with E-state index in [-0.39, 0.29) is 0 Å². The minimum Gasteiger partial charge on any atom is -0.389 e. The molecule has 0 saturated heterocycles. The lowest BCUT2D eigenvalue weighted by atomic mass is 9.94. The van der Waals surface area contributed by atoms with Crippen molar-refractivity contribution in [2.24, 2.45) is 7.05 Å². The van der Waals surface area contributed by atoms with E-state index in [0.717, 1.165) is 43.9 Å². The van der Waals surface area contributed by atoms with Gasteiger partial charge in [0, 0.05) is 34.2 Å². The topological polar surface area (TPSA) is 53.3 Å². The van der Waals surface area contributed by atoms with Gasteiger partial charge in [0.25, 0.3) is 0 Å². The molecule has 0 aromatic carbocycles. The number of imidazole rings is 1. The van der Waals surface area contributed by atoms with Gasteiger partial charge in [-0.1, -0.05) is 25.7 Å². The lowest BCUT2D eigenvalue weighted by Gasteiger charge is -2.27. The van der Waals surface area contributed by atoms with Crippen LogP contribution in [0.5, 0.6) is 0 Å². The molecular formula is C15H28N4O. The lowest BCUT2D eigenvalue weighted by Crippen LogP contribution is -2.40. The Morgan fingerprint density at radius 2 is 1.95 bits per heavy atom. The fourth-order valence-electron chi connectivity index (χ4n) is 3.00. The smallest absolute Gasteiger partial charge is 0.204 e. The molecule has 2 rings (SSSR count). The summed E-state index contributed by atoms with van der Waals surface area (Å²) in [7, 11) is 6.02. The Labute approximate surface area is 122 Å². The van der Waals surface area contributed by atoms with Crippen LogP contribution in [0.4, 0.5) is 5.95 Å². The van der Waals surface area contributed by atoms with E-state index >= 15 is 0 Å². The highest BCUT2D eigenvalue weighted by atomic mass is 16.3. The Morgan fingerprint density at radius 1 is 1.30 bits per heavy atom. The Hall–Kier alpha value is -1.07. The van der Waals surface area contributed by atoms with E-state index in [1.807, 2.05) is 32.2 Å². The number of rotatable bonds is 5. The van der Waals surface area contributed by atoms with Gasteiger partial charge in [-0.05, 0) is 12.8 Å². The number of nitrogens with one attached hydrogen (secondary N) is 1. The highest BCUT2D eigenvalue weighted by Crippen LogP contribution is 2.26. The zero-order valence-electron chi connectivity index (χ0n) is 13.0. The van der Waals surface area contributed by atoms with E-state index in [1.165, 1.54) is 12.8 Å². The van der Waals surface area contributed by atoms with Gasteiger partial charge in [0.2, 0.25) is 5.95 Å². The van der Waals surface area contributed by atoms with Crippen LogP contribution in [0.15, 0.2) is 6.20 Å². The molecular weight excluding hydrogens is 252 g/mol. The van der Waals surface area contributed by atoms with Gasteiger partial charge in [-0.3, -0.25) is 0 Å². The minimum absolute atomic E-state index is 0.514. The molecule has 1 saturated carbocycles. The van der Waals surface area contributed by atoms with E-state index < -0.39 is 5.60 Å². The summed E-state index contributed by atoms with van der Waals surface area (Å²) >= 11 is 0. The molecule has 0 bridgehead atoms. The Bertz CT molecular complexity index is 420. The second-order valence-electron chi connectivity index (χ2n) is 6.25. The summed E-state index contributed by atoms with van der Waals surface area (Å²) in [5.74, 6) is 0.954. The number of aromatic nitrogens is 2. The number of aliphatic hydroxyl groups is 1. The van der Waals surface area contributed by atoms with Crippen molar-refractivity contribution in [2.45, 2.75) is 50.7 Å². The number of nitrogens with zero attached hydrogens (tertiary/aromatic N) is 3. The van der Waals surface area contributed by atoms with E-state index in [9.17, 15) is 5.11 Å². The van der Waals surface area contributed by atoms with Gasteiger partial charge in [0.1, 0.15) is 0 Å². The maximum absolute atomic E-state index is 10.6. The lowest BCUT2D eigenvalue weighted by molar-refractivity contribution is 0.0249. The second kappa shape index (κ2) is 6.59. The van der Waals surface area contributed by atoms with Gasteiger partial charge in [-0.2, -0.15) is 0 Å². The molecule has 0 amide bonds. The fourth-order valence-corrected chi connectivity index (χ4v) is 3.00. The number of hydrogen-bond donors (Lipinski definition) is 2. The Morgan fingerprint density at radius 3 is 2.50 bits per heavy atom. The molecule has 1 aromatic rings. The van der Waals surface area contributed by atoms with Crippen molar-refractivity contribution in [3.05, 3.63) is 11.9 Å². The average molecular weight is 280 g/mol. The van der Waals surface area contributed by atoms with Gasteiger partial charge in [-0.25, -0.2) is 4.98 Å². The summed E-state index contributed by atoms with van der Waals surface area (Å²) in [5, 5.41) is 14.0. The van der Waals surface area contributed by atoms with Crippen molar-refractivity contribution >= 4 is 5.95 Å². The molecule has 5 nitrogen and oxygen atoms in total. The largest absolute Gasteiger partial charge is 0.389 e. The molecule has 1 aliphatic carbocycles. The third kappa shape index (κ3) is 3.73. The second-order valence-corrected chi connectivity index (χ2v) is 6.25. The summed E-state index contributed by atoms with van der Waals surface area (Å²) in [6, 6.07) is 0. The molecule has 1 heterocycles. The summed E-state index contributed by atoms with van der Waals surface area (Å²) in [4.78, 5) is 6.40. The zero-order valence-corrected chi connectivity index (χ0v) is 13.0. The molecule has 2 N–H and O–H groups in total. The number of anilines is 1. The minimum atomic E-state index is -0.514. The normalized spacial score (nSPS) is 18.8. The van der Waals surface area contributed by atoms with Crippen molar-refractivity contribution in [2.75, 3.05) is 25.5 Å². The van der Waals surface area contributed by atoms with Crippen LogP contribution < -0.4 is 10.2 Å². The molecule has 1 aliphatic rings. The molecule has 0 atom stereocenters. The summed E-state index contributed by atoms with van der Waals surface area (Å²) in [6.45, 7) is 1.43. The van der Waals surface area contributed by atoms with Gasteiger partial charge in [-0.15, -0.1) is 0 Å².